The summed E-state index contributed by atoms with van der Waals surface area (Å²) >= 11 is 6.11. The molecule has 2 aromatic carbocycles. The Balaban J connectivity index is 1.81. The number of halogens is 1. The van der Waals surface area contributed by atoms with Gasteiger partial charge < -0.3 is 10.1 Å². The summed E-state index contributed by atoms with van der Waals surface area (Å²) in [6.45, 7) is 5.39. The van der Waals surface area contributed by atoms with Crippen molar-refractivity contribution in [3.63, 3.8) is 0 Å². The predicted octanol–water partition coefficient (Wildman–Crippen LogP) is 4.64. The van der Waals surface area contributed by atoms with E-state index in [1.54, 1.807) is 45.0 Å². The van der Waals surface area contributed by atoms with Crippen LogP contribution in [-0.4, -0.2) is 28.5 Å². The van der Waals surface area contributed by atoms with Crippen LogP contribution in [0.3, 0.4) is 0 Å². The third kappa shape index (κ3) is 3.99. The highest BCUT2D eigenvalue weighted by Crippen LogP contribution is 2.45. The van der Waals surface area contributed by atoms with Gasteiger partial charge in [-0.05, 0) is 38.5 Å². The molecule has 0 aliphatic carbocycles. The summed E-state index contributed by atoms with van der Waals surface area (Å²) in [5.41, 5.74) is 0.768. The van der Waals surface area contributed by atoms with E-state index in [0.29, 0.717) is 10.7 Å². The van der Waals surface area contributed by atoms with Gasteiger partial charge >= 0.3 is 6.09 Å². The lowest BCUT2D eigenvalue weighted by atomic mass is 10.1. The number of anilines is 1. The van der Waals surface area contributed by atoms with E-state index in [4.69, 9.17) is 16.3 Å². The second-order valence-electron chi connectivity index (χ2n) is 7.16. The highest BCUT2D eigenvalue weighted by atomic mass is 35.5. The van der Waals surface area contributed by atoms with Crippen LogP contribution in [0.5, 0.6) is 0 Å². The molecular formula is C20H21ClN2O3. The largest absolute Gasteiger partial charge is 0.444 e. The summed E-state index contributed by atoms with van der Waals surface area (Å²) < 4.78 is 5.45. The SMILES string of the molecule is CC(C)(C)OC(=O)N1[C@H](C(=O)Nc2ccccc2Cl)[C@H]1c1ccccc1. The number of benzene rings is 2. The van der Waals surface area contributed by atoms with E-state index in [1.165, 1.54) is 4.90 Å². The fourth-order valence-corrected chi connectivity index (χ4v) is 2.99. The first-order chi connectivity index (χ1) is 12.3. The summed E-state index contributed by atoms with van der Waals surface area (Å²) in [6.07, 6.45) is -0.509. The lowest BCUT2D eigenvalue weighted by Gasteiger charge is -2.20. The number of para-hydroxylation sites is 1. The smallest absolute Gasteiger partial charge is 0.411 e. The highest BCUT2D eigenvalue weighted by molar-refractivity contribution is 6.33. The second kappa shape index (κ2) is 7.00. The van der Waals surface area contributed by atoms with Crippen molar-refractivity contribution in [3.05, 3.63) is 65.2 Å². The molecule has 2 amide bonds. The molecule has 1 heterocycles. The fraction of sp³-hybridized carbons (Fsp3) is 0.300. The quantitative estimate of drug-likeness (QED) is 0.798. The molecule has 1 fully saturated rings. The molecule has 1 saturated heterocycles. The molecule has 6 heteroatoms. The topological polar surface area (TPSA) is 58.4 Å². The molecule has 1 aliphatic rings. The van der Waals surface area contributed by atoms with E-state index in [0.717, 1.165) is 5.56 Å². The zero-order valence-corrected chi connectivity index (χ0v) is 15.7. The van der Waals surface area contributed by atoms with Gasteiger partial charge in [0.2, 0.25) is 5.91 Å². The van der Waals surface area contributed by atoms with Crippen LogP contribution in [0.1, 0.15) is 32.4 Å². The van der Waals surface area contributed by atoms with Gasteiger partial charge in [0, 0.05) is 0 Å². The Morgan fingerprint density at radius 2 is 1.65 bits per heavy atom. The van der Waals surface area contributed by atoms with Crippen LogP contribution in [-0.2, 0) is 9.53 Å². The van der Waals surface area contributed by atoms with Gasteiger partial charge in [0.1, 0.15) is 11.6 Å². The van der Waals surface area contributed by atoms with Crippen molar-refractivity contribution < 1.29 is 14.3 Å². The maximum absolute atomic E-state index is 12.8. The summed E-state index contributed by atoms with van der Waals surface area (Å²) in [5, 5.41) is 3.25. The minimum Gasteiger partial charge on any atom is -0.444 e. The van der Waals surface area contributed by atoms with E-state index in [9.17, 15) is 9.59 Å². The van der Waals surface area contributed by atoms with Crippen LogP contribution < -0.4 is 5.32 Å². The van der Waals surface area contributed by atoms with Crippen molar-refractivity contribution in [1.82, 2.24) is 4.90 Å². The fourth-order valence-electron chi connectivity index (χ4n) is 2.81. The number of hydrogen-bond donors (Lipinski definition) is 1. The van der Waals surface area contributed by atoms with Gasteiger partial charge in [-0.3, -0.25) is 9.69 Å². The lowest BCUT2D eigenvalue weighted by molar-refractivity contribution is -0.116. The van der Waals surface area contributed by atoms with Gasteiger partial charge in [0.05, 0.1) is 16.8 Å². The zero-order valence-electron chi connectivity index (χ0n) is 14.9. The zero-order chi connectivity index (χ0) is 18.9. The number of nitrogens with zero attached hydrogens (tertiary/aromatic N) is 1. The number of carbonyl (C=O) groups is 2. The van der Waals surface area contributed by atoms with Crippen LogP contribution in [0.25, 0.3) is 0 Å². The Bertz CT molecular complexity index is 817. The number of nitrogens with one attached hydrogen (secondary N) is 1. The molecule has 5 nitrogen and oxygen atoms in total. The standard InChI is InChI=1S/C20H21ClN2O3/c1-20(2,3)26-19(25)23-16(13-9-5-4-6-10-13)17(23)18(24)22-15-12-8-7-11-14(15)21/h4-12,16-17H,1-3H3,(H,22,24)/t16-,17+,23?/m1/s1. The molecule has 2 aromatic rings. The van der Waals surface area contributed by atoms with Gasteiger partial charge in [-0.15, -0.1) is 0 Å². The highest BCUT2D eigenvalue weighted by Gasteiger charge is 2.57. The molecule has 0 radical (unpaired) electrons. The molecule has 1 aliphatic heterocycles. The van der Waals surface area contributed by atoms with Crippen molar-refractivity contribution in [1.29, 1.82) is 0 Å². The predicted molar refractivity (Wildman–Crippen MR) is 101 cm³/mol. The van der Waals surface area contributed by atoms with Gasteiger partial charge in [0.15, 0.2) is 0 Å². The van der Waals surface area contributed by atoms with Crippen LogP contribution in [0.4, 0.5) is 10.5 Å². The number of amides is 2. The van der Waals surface area contributed by atoms with Gasteiger partial charge in [-0.1, -0.05) is 54.1 Å². The Labute approximate surface area is 157 Å². The Morgan fingerprint density at radius 3 is 2.27 bits per heavy atom. The molecule has 0 aromatic heterocycles. The molecule has 0 saturated carbocycles. The number of carbonyl (C=O) groups excluding carboxylic acids is 2. The Hall–Kier alpha value is -2.53. The average Bonchev–Trinajstić information content (AvgIpc) is 3.32. The van der Waals surface area contributed by atoms with Crippen molar-refractivity contribution >= 4 is 29.3 Å². The third-order valence-electron chi connectivity index (χ3n) is 3.95. The molecule has 0 spiro atoms. The van der Waals surface area contributed by atoms with E-state index < -0.39 is 17.7 Å². The molecular weight excluding hydrogens is 352 g/mol. The van der Waals surface area contributed by atoms with Crippen LogP contribution >= 0.6 is 11.6 Å². The Morgan fingerprint density at radius 1 is 1.04 bits per heavy atom. The van der Waals surface area contributed by atoms with E-state index in [1.807, 2.05) is 30.3 Å². The summed E-state index contributed by atoms with van der Waals surface area (Å²) in [7, 11) is 0. The first-order valence-corrected chi connectivity index (χ1v) is 8.77. The van der Waals surface area contributed by atoms with Crippen molar-refractivity contribution in [2.24, 2.45) is 0 Å². The number of rotatable bonds is 3. The van der Waals surface area contributed by atoms with E-state index in [2.05, 4.69) is 5.32 Å². The molecule has 1 N–H and O–H groups in total. The van der Waals surface area contributed by atoms with Crippen LogP contribution in [0, 0.1) is 0 Å². The number of hydrogen-bond acceptors (Lipinski definition) is 3. The summed E-state index contributed by atoms with van der Waals surface area (Å²) in [6, 6.07) is 15.4. The molecule has 0 unspecified atom stereocenters. The lowest BCUT2D eigenvalue weighted by Crippen LogP contribution is -2.30. The molecule has 3 rings (SSSR count). The normalized spacial score (nSPS) is 19.0. The van der Waals surface area contributed by atoms with Gasteiger partial charge in [-0.25, -0.2) is 4.79 Å². The van der Waals surface area contributed by atoms with Gasteiger partial charge in [-0.2, -0.15) is 0 Å². The van der Waals surface area contributed by atoms with Crippen molar-refractivity contribution in [3.8, 4) is 0 Å². The van der Waals surface area contributed by atoms with Crippen LogP contribution in [0.2, 0.25) is 5.02 Å². The Kier molecular flexibility index (Phi) is 4.92. The van der Waals surface area contributed by atoms with E-state index >= 15 is 0 Å². The number of ether oxygens (including phenoxy) is 1. The van der Waals surface area contributed by atoms with Gasteiger partial charge in [0.25, 0.3) is 0 Å². The third-order valence-corrected chi connectivity index (χ3v) is 4.28. The van der Waals surface area contributed by atoms with Crippen molar-refractivity contribution in [2.45, 2.75) is 38.5 Å². The monoisotopic (exact) mass is 372 g/mol. The first kappa shape index (κ1) is 18.3. The maximum atomic E-state index is 12.8. The summed E-state index contributed by atoms with van der Waals surface area (Å²) in [4.78, 5) is 26.8. The summed E-state index contributed by atoms with van der Waals surface area (Å²) in [5.74, 6) is -0.294. The molecule has 136 valence electrons. The minimum atomic E-state index is -0.636. The first-order valence-electron chi connectivity index (χ1n) is 8.39. The van der Waals surface area contributed by atoms with Crippen LogP contribution in [0.15, 0.2) is 54.6 Å². The molecule has 26 heavy (non-hydrogen) atoms. The molecule has 2 atom stereocenters. The molecule has 0 bridgehead atoms. The minimum absolute atomic E-state index is 0.294. The second-order valence-corrected chi connectivity index (χ2v) is 7.56. The van der Waals surface area contributed by atoms with E-state index in [-0.39, 0.29) is 11.9 Å². The average molecular weight is 373 g/mol. The van der Waals surface area contributed by atoms with Crippen molar-refractivity contribution in [2.75, 3.05) is 5.32 Å². The maximum Gasteiger partial charge on any atom is 0.411 e.